The Kier molecular flexibility index (Phi) is 4.33. The molecule has 0 saturated carbocycles. The normalized spacial score (nSPS) is 11.5. The molecule has 0 spiro atoms. The van der Waals surface area contributed by atoms with Crippen molar-refractivity contribution in [2.45, 2.75) is 6.18 Å². The predicted molar refractivity (Wildman–Crippen MR) is 90.2 cm³/mol. The summed E-state index contributed by atoms with van der Waals surface area (Å²) in [6, 6.07) is 5.69. The van der Waals surface area contributed by atoms with Crippen LogP contribution < -0.4 is 11.5 Å². The lowest BCUT2D eigenvalue weighted by Crippen LogP contribution is -2.11. The van der Waals surface area contributed by atoms with Gasteiger partial charge in [0.15, 0.2) is 0 Å². The topological polar surface area (TPSA) is 111 Å². The van der Waals surface area contributed by atoms with Gasteiger partial charge in [-0.25, -0.2) is 9.97 Å². The molecular weight excluding hydrogens is 371 g/mol. The van der Waals surface area contributed by atoms with Crippen LogP contribution in [0.5, 0.6) is 0 Å². The van der Waals surface area contributed by atoms with E-state index in [4.69, 9.17) is 23.1 Å². The van der Waals surface area contributed by atoms with Crippen LogP contribution in [-0.2, 0) is 6.18 Å². The summed E-state index contributed by atoms with van der Waals surface area (Å²) in [4.78, 5) is 22.4. The second-order valence-electron chi connectivity index (χ2n) is 5.33. The zero-order chi connectivity index (χ0) is 19.1. The number of alkyl halides is 3. The van der Waals surface area contributed by atoms with Crippen molar-refractivity contribution in [3.8, 4) is 22.6 Å². The number of nitrogen functional groups attached to an aromatic ring is 1. The summed E-state index contributed by atoms with van der Waals surface area (Å²) in [6.07, 6.45) is -3.16. The molecule has 1 amide bonds. The summed E-state index contributed by atoms with van der Waals surface area (Å²) in [5.41, 5.74) is 10.7. The van der Waals surface area contributed by atoms with E-state index in [1.54, 1.807) is 0 Å². The van der Waals surface area contributed by atoms with Gasteiger partial charge in [0.05, 0.1) is 28.2 Å². The number of aromatic nitrogens is 3. The summed E-state index contributed by atoms with van der Waals surface area (Å²) in [5.74, 6) is -0.839. The zero-order valence-corrected chi connectivity index (χ0v) is 13.7. The first-order valence-corrected chi connectivity index (χ1v) is 7.53. The number of hydrogen-bond donors (Lipinski definition) is 3. The van der Waals surface area contributed by atoms with Crippen molar-refractivity contribution in [2.24, 2.45) is 5.73 Å². The Morgan fingerprint density at radius 3 is 2.54 bits per heavy atom. The number of H-pyrrole nitrogens is 1. The van der Waals surface area contributed by atoms with E-state index >= 15 is 0 Å². The quantitative estimate of drug-likeness (QED) is 0.644. The first kappa shape index (κ1) is 17.7. The summed E-state index contributed by atoms with van der Waals surface area (Å²) in [7, 11) is 0. The second-order valence-corrected chi connectivity index (χ2v) is 5.74. The molecule has 3 rings (SSSR count). The van der Waals surface area contributed by atoms with Crippen LogP contribution in [0.15, 0.2) is 36.5 Å². The smallest absolute Gasteiger partial charge is 0.368 e. The number of amides is 1. The number of rotatable bonds is 3. The van der Waals surface area contributed by atoms with E-state index in [1.165, 1.54) is 18.3 Å². The third kappa shape index (κ3) is 3.33. The summed E-state index contributed by atoms with van der Waals surface area (Å²) >= 11 is 6.05. The van der Waals surface area contributed by atoms with Crippen LogP contribution in [0.25, 0.3) is 22.6 Å². The molecular formula is C16H11ClF3N5O. The molecule has 0 aliphatic heterocycles. The minimum atomic E-state index is -4.57. The van der Waals surface area contributed by atoms with Crippen LogP contribution in [0.2, 0.25) is 5.02 Å². The lowest BCUT2D eigenvalue weighted by Gasteiger charge is -2.10. The molecule has 0 aliphatic carbocycles. The predicted octanol–water partition coefficient (Wildman–Crippen LogP) is 3.49. The van der Waals surface area contributed by atoms with Gasteiger partial charge in [-0.05, 0) is 30.3 Å². The minimum absolute atomic E-state index is 0.00336. The van der Waals surface area contributed by atoms with E-state index in [9.17, 15) is 18.0 Å². The van der Waals surface area contributed by atoms with E-state index in [-0.39, 0.29) is 27.8 Å². The number of nitrogens with one attached hydrogen (secondary N) is 1. The standard InChI is InChI=1S/C16H11ClF3N5O/c17-10-2-1-7(16(18,19)20)5-8(10)13-9(14(21)26)6-12(24-13)11-3-4-23-15(22)25-11/h1-6,24H,(H2,21,26)(H2,22,23,25). The van der Waals surface area contributed by atoms with Crippen LogP contribution in [0, 0.1) is 0 Å². The monoisotopic (exact) mass is 381 g/mol. The maximum absolute atomic E-state index is 13.0. The number of anilines is 1. The fourth-order valence-electron chi connectivity index (χ4n) is 2.42. The highest BCUT2D eigenvalue weighted by molar-refractivity contribution is 6.33. The number of nitrogens with zero attached hydrogens (tertiary/aromatic N) is 2. The molecule has 0 unspecified atom stereocenters. The Morgan fingerprint density at radius 1 is 1.19 bits per heavy atom. The molecule has 2 aromatic heterocycles. The van der Waals surface area contributed by atoms with E-state index < -0.39 is 17.6 Å². The summed E-state index contributed by atoms with van der Waals surface area (Å²) < 4.78 is 39.0. The Morgan fingerprint density at radius 2 is 1.92 bits per heavy atom. The molecule has 0 fully saturated rings. The number of carbonyl (C=O) groups excluding carboxylic acids is 1. The molecule has 10 heteroatoms. The van der Waals surface area contributed by atoms with Crippen molar-refractivity contribution in [3.63, 3.8) is 0 Å². The molecule has 1 aromatic carbocycles. The third-order valence-electron chi connectivity index (χ3n) is 3.60. The average Bonchev–Trinajstić information content (AvgIpc) is 2.99. The zero-order valence-electron chi connectivity index (χ0n) is 12.9. The number of halogens is 4. The average molecular weight is 382 g/mol. The van der Waals surface area contributed by atoms with Gasteiger partial charge in [-0.2, -0.15) is 13.2 Å². The molecule has 2 heterocycles. The number of nitrogens with two attached hydrogens (primary N) is 2. The van der Waals surface area contributed by atoms with Gasteiger partial charge in [0, 0.05) is 16.8 Å². The largest absolute Gasteiger partial charge is 0.416 e. The number of hydrogen-bond acceptors (Lipinski definition) is 4. The molecule has 6 nitrogen and oxygen atoms in total. The number of aromatic amines is 1. The highest BCUT2D eigenvalue weighted by Gasteiger charge is 2.31. The Bertz CT molecular complexity index is 1000. The first-order valence-electron chi connectivity index (χ1n) is 7.15. The lowest BCUT2D eigenvalue weighted by molar-refractivity contribution is -0.137. The molecule has 0 bridgehead atoms. The van der Waals surface area contributed by atoms with E-state index in [0.29, 0.717) is 11.4 Å². The summed E-state index contributed by atoms with van der Waals surface area (Å²) in [6.45, 7) is 0. The van der Waals surface area contributed by atoms with Crippen LogP contribution in [0.4, 0.5) is 19.1 Å². The first-order chi connectivity index (χ1) is 12.2. The van der Waals surface area contributed by atoms with Crippen LogP contribution in [0.1, 0.15) is 15.9 Å². The van der Waals surface area contributed by atoms with E-state index in [1.807, 2.05) is 0 Å². The second kappa shape index (κ2) is 6.34. The van der Waals surface area contributed by atoms with Crippen molar-refractivity contribution >= 4 is 23.5 Å². The van der Waals surface area contributed by atoms with Gasteiger partial charge < -0.3 is 16.5 Å². The summed E-state index contributed by atoms with van der Waals surface area (Å²) in [5, 5.41) is 0.0242. The minimum Gasteiger partial charge on any atom is -0.368 e. The lowest BCUT2D eigenvalue weighted by atomic mass is 10.0. The van der Waals surface area contributed by atoms with Gasteiger partial charge in [0.2, 0.25) is 5.95 Å². The Hall–Kier alpha value is -3.07. The molecule has 0 radical (unpaired) electrons. The van der Waals surface area contributed by atoms with E-state index in [0.717, 1.165) is 18.2 Å². The SMILES string of the molecule is NC(=O)c1cc(-c2ccnc(N)n2)[nH]c1-c1cc(C(F)(F)F)ccc1Cl. The number of carbonyl (C=O) groups is 1. The fourth-order valence-corrected chi connectivity index (χ4v) is 2.63. The molecule has 0 atom stereocenters. The number of primary amides is 1. The molecule has 26 heavy (non-hydrogen) atoms. The Balaban J connectivity index is 2.21. The van der Waals surface area contributed by atoms with Gasteiger partial charge >= 0.3 is 6.18 Å². The maximum atomic E-state index is 13.0. The maximum Gasteiger partial charge on any atom is 0.416 e. The highest BCUT2D eigenvalue weighted by Crippen LogP contribution is 2.37. The number of benzene rings is 1. The molecule has 0 saturated heterocycles. The van der Waals surface area contributed by atoms with Gasteiger partial charge in [-0.3, -0.25) is 4.79 Å². The van der Waals surface area contributed by atoms with Crippen molar-refractivity contribution < 1.29 is 18.0 Å². The molecule has 134 valence electrons. The van der Waals surface area contributed by atoms with Crippen molar-refractivity contribution in [1.82, 2.24) is 15.0 Å². The molecule has 5 N–H and O–H groups in total. The molecule has 3 aromatic rings. The van der Waals surface area contributed by atoms with E-state index in [2.05, 4.69) is 15.0 Å². The van der Waals surface area contributed by atoms with Gasteiger partial charge in [0.1, 0.15) is 0 Å². The highest BCUT2D eigenvalue weighted by atomic mass is 35.5. The van der Waals surface area contributed by atoms with Crippen LogP contribution in [0.3, 0.4) is 0 Å². The van der Waals surface area contributed by atoms with Crippen molar-refractivity contribution in [2.75, 3.05) is 5.73 Å². The molecule has 0 aliphatic rings. The van der Waals surface area contributed by atoms with Gasteiger partial charge in [-0.1, -0.05) is 11.6 Å². The van der Waals surface area contributed by atoms with Crippen molar-refractivity contribution in [3.05, 3.63) is 52.7 Å². The fraction of sp³-hybridized carbons (Fsp3) is 0.0625. The Labute approximate surface area is 150 Å². The van der Waals surface area contributed by atoms with Gasteiger partial charge in [0.25, 0.3) is 5.91 Å². The third-order valence-corrected chi connectivity index (χ3v) is 3.93. The van der Waals surface area contributed by atoms with Crippen LogP contribution >= 0.6 is 11.6 Å². The van der Waals surface area contributed by atoms with Crippen molar-refractivity contribution in [1.29, 1.82) is 0 Å². The van der Waals surface area contributed by atoms with Gasteiger partial charge in [-0.15, -0.1) is 0 Å². The van der Waals surface area contributed by atoms with Crippen LogP contribution in [-0.4, -0.2) is 20.9 Å².